The molecule has 1 aromatic carbocycles. The van der Waals surface area contributed by atoms with Crippen LogP contribution in [-0.4, -0.2) is 0 Å². The van der Waals surface area contributed by atoms with Crippen molar-refractivity contribution >= 4 is 33.0 Å². The molecule has 1 unspecified atom stereocenters. The molecule has 1 heterocycles. The molecule has 0 amide bonds. The molecule has 0 fully saturated rings. The van der Waals surface area contributed by atoms with Crippen LogP contribution in [0.3, 0.4) is 0 Å². The lowest BCUT2D eigenvalue weighted by molar-refractivity contribution is 0.541. The molecule has 0 N–H and O–H groups in total. The van der Waals surface area contributed by atoms with E-state index in [0.717, 1.165) is 17.8 Å². The van der Waals surface area contributed by atoms with Crippen molar-refractivity contribution in [1.82, 2.24) is 0 Å². The van der Waals surface area contributed by atoms with E-state index in [2.05, 4.69) is 41.1 Å². The van der Waals surface area contributed by atoms with Crippen LogP contribution in [0, 0.1) is 0 Å². The number of para-hydroxylation sites is 1. The van der Waals surface area contributed by atoms with Gasteiger partial charge in [0.05, 0.1) is 4.83 Å². The number of alkyl halides is 1. The third-order valence-electron chi connectivity index (χ3n) is 2.84. The first-order valence-electron chi connectivity index (χ1n) is 5.08. The van der Waals surface area contributed by atoms with Crippen molar-refractivity contribution < 1.29 is 4.42 Å². The number of hydrogen-bond donors (Lipinski definition) is 0. The minimum atomic E-state index is 0.324. The molecule has 15 heavy (non-hydrogen) atoms. The lowest BCUT2D eigenvalue weighted by atomic mass is 9.97. The molecule has 2 heteroatoms. The zero-order valence-corrected chi connectivity index (χ0v) is 10.0. The molecule has 2 aromatic rings. The lowest BCUT2D eigenvalue weighted by Gasteiger charge is -2.14. The van der Waals surface area contributed by atoms with Crippen LogP contribution >= 0.6 is 15.9 Å². The second-order valence-corrected chi connectivity index (χ2v) is 5.14. The largest absolute Gasteiger partial charge is 0.459 e. The maximum Gasteiger partial charge on any atom is 0.134 e. The molecule has 0 aliphatic heterocycles. The smallest absolute Gasteiger partial charge is 0.134 e. The number of halogens is 1. The summed E-state index contributed by atoms with van der Waals surface area (Å²) in [6.07, 6.45) is 3.27. The summed E-state index contributed by atoms with van der Waals surface area (Å²) in [5.41, 5.74) is 3.63. The van der Waals surface area contributed by atoms with E-state index >= 15 is 0 Å². The summed E-state index contributed by atoms with van der Waals surface area (Å²) < 4.78 is 5.86. The predicted molar refractivity (Wildman–Crippen MR) is 66.2 cm³/mol. The number of allylic oxidation sites excluding steroid dienone is 1. The molecule has 1 nitrogen and oxygen atoms in total. The van der Waals surface area contributed by atoms with Gasteiger partial charge in [-0.3, -0.25) is 0 Å². The Balaban J connectivity index is 2.37. The summed E-state index contributed by atoms with van der Waals surface area (Å²) in [7, 11) is 0. The Morgan fingerprint density at radius 1 is 1.33 bits per heavy atom. The molecule has 76 valence electrons. The number of benzene rings is 1. The first-order chi connectivity index (χ1) is 7.25. The van der Waals surface area contributed by atoms with Gasteiger partial charge in [0.25, 0.3) is 0 Å². The van der Waals surface area contributed by atoms with Gasteiger partial charge in [0, 0.05) is 10.9 Å². The Kier molecular flexibility index (Phi) is 1.99. The van der Waals surface area contributed by atoms with Gasteiger partial charge in [0.15, 0.2) is 0 Å². The number of furan rings is 1. The SMILES string of the molecule is CC1=Cc2c(oc3ccccc23)C(Br)C1. The van der Waals surface area contributed by atoms with E-state index in [4.69, 9.17) is 4.42 Å². The van der Waals surface area contributed by atoms with Gasteiger partial charge in [-0.25, -0.2) is 0 Å². The number of fused-ring (bicyclic) bond motifs is 3. The first kappa shape index (κ1) is 9.22. The molecule has 0 saturated carbocycles. The summed E-state index contributed by atoms with van der Waals surface area (Å²) in [5.74, 6) is 1.07. The van der Waals surface area contributed by atoms with Gasteiger partial charge < -0.3 is 4.42 Å². The van der Waals surface area contributed by atoms with Crippen LogP contribution in [0.1, 0.15) is 29.5 Å². The standard InChI is InChI=1S/C13H11BrO/c1-8-6-10-9-4-2-3-5-12(9)15-13(10)11(14)7-8/h2-6,11H,7H2,1H3. The Morgan fingerprint density at radius 3 is 3.00 bits per heavy atom. The van der Waals surface area contributed by atoms with E-state index in [1.165, 1.54) is 16.5 Å². The fourth-order valence-electron chi connectivity index (χ4n) is 2.15. The topological polar surface area (TPSA) is 13.1 Å². The first-order valence-corrected chi connectivity index (χ1v) is 6.00. The molecule has 0 radical (unpaired) electrons. The molecule has 3 rings (SSSR count). The average molecular weight is 263 g/mol. The van der Waals surface area contributed by atoms with Gasteiger partial charge in [0.1, 0.15) is 11.3 Å². The molecule has 1 aromatic heterocycles. The van der Waals surface area contributed by atoms with Crippen LogP contribution in [0.15, 0.2) is 34.3 Å². The van der Waals surface area contributed by atoms with Gasteiger partial charge >= 0.3 is 0 Å². The highest BCUT2D eigenvalue weighted by Gasteiger charge is 2.23. The highest BCUT2D eigenvalue weighted by molar-refractivity contribution is 9.09. The Bertz CT molecular complexity index is 551. The van der Waals surface area contributed by atoms with Crippen LogP contribution in [0.2, 0.25) is 0 Å². The van der Waals surface area contributed by atoms with Crippen LogP contribution in [0.5, 0.6) is 0 Å². The summed E-state index contributed by atoms with van der Waals surface area (Å²) >= 11 is 3.67. The van der Waals surface area contributed by atoms with Crippen molar-refractivity contribution in [2.45, 2.75) is 18.2 Å². The molecule has 1 aliphatic rings. The second kappa shape index (κ2) is 3.24. The van der Waals surface area contributed by atoms with E-state index in [0.29, 0.717) is 4.83 Å². The van der Waals surface area contributed by atoms with Crippen LogP contribution in [0.25, 0.3) is 17.0 Å². The van der Waals surface area contributed by atoms with Gasteiger partial charge in [0.2, 0.25) is 0 Å². The summed E-state index contributed by atoms with van der Waals surface area (Å²) in [4.78, 5) is 0.324. The third kappa shape index (κ3) is 1.36. The number of hydrogen-bond acceptors (Lipinski definition) is 1. The third-order valence-corrected chi connectivity index (χ3v) is 3.58. The van der Waals surface area contributed by atoms with E-state index in [-0.39, 0.29) is 0 Å². The van der Waals surface area contributed by atoms with Crippen molar-refractivity contribution in [2.24, 2.45) is 0 Å². The zero-order valence-electron chi connectivity index (χ0n) is 8.46. The zero-order chi connectivity index (χ0) is 10.4. The molecule has 0 bridgehead atoms. The fourth-order valence-corrected chi connectivity index (χ4v) is 3.00. The average Bonchev–Trinajstić information content (AvgIpc) is 2.57. The summed E-state index contributed by atoms with van der Waals surface area (Å²) in [5, 5.41) is 1.22. The highest BCUT2D eigenvalue weighted by Crippen LogP contribution is 2.42. The quantitative estimate of drug-likeness (QED) is 0.629. The molecule has 0 saturated heterocycles. The molecule has 0 spiro atoms. The fraction of sp³-hybridized carbons (Fsp3) is 0.231. The highest BCUT2D eigenvalue weighted by atomic mass is 79.9. The van der Waals surface area contributed by atoms with Crippen molar-refractivity contribution in [3.8, 4) is 0 Å². The molecular weight excluding hydrogens is 252 g/mol. The van der Waals surface area contributed by atoms with E-state index in [9.17, 15) is 0 Å². The van der Waals surface area contributed by atoms with Gasteiger partial charge in [-0.1, -0.05) is 45.8 Å². The summed E-state index contributed by atoms with van der Waals surface area (Å²) in [6.45, 7) is 2.17. The van der Waals surface area contributed by atoms with Crippen molar-refractivity contribution in [3.05, 3.63) is 41.2 Å². The van der Waals surface area contributed by atoms with Gasteiger partial charge in [-0.05, 0) is 19.4 Å². The van der Waals surface area contributed by atoms with E-state index in [1.54, 1.807) is 0 Å². The maximum absolute atomic E-state index is 5.86. The lowest BCUT2D eigenvalue weighted by Crippen LogP contribution is -1.97. The molecule has 1 aliphatic carbocycles. The normalized spacial score (nSPS) is 20.1. The van der Waals surface area contributed by atoms with Crippen molar-refractivity contribution in [2.75, 3.05) is 0 Å². The maximum atomic E-state index is 5.86. The van der Waals surface area contributed by atoms with Crippen LogP contribution < -0.4 is 0 Å². The van der Waals surface area contributed by atoms with Crippen LogP contribution in [-0.2, 0) is 0 Å². The Hall–Kier alpha value is -1.02. The van der Waals surface area contributed by atoms with Crippen molar-refractivity contribution in [3.63, 3.8) is 0 Å². The van der Waals surface area contributed by atoms with E-state index < -0.39 is 0 Å². The van der Waals surface area contributed by atoms with Crippen molar-refractivity contribution in [1.29, 1.82) is 0 Å². The molecular formula is C13H11BrO. The Labute approximate surface area is 96.9 Å². The number of rotatable bonds is 0. The predicted octanol–water partition coefficient (Wildman–Crippen LogP) is 4.68. The minimum absolute atomic E-state index is 0.324. The summed E-state index contributed by atoms with van der Waals surface area (Å²) in [6, 6.07) is 8.21. The Morgan fingerprint density at radius 2 is 2.13 bits per heavy atom. The van der Waals surface area contributed by atoms with Gasteiger partial charge in [-0.15, -0.1) is 0 Å². The monoisotopic (exact) mass is 262 g/mol. The van der Waals surface area contributed by atoms with E-state index in [1.807, 2.05) is 12.1 Å². The second-order valence-electron chi connectivity index (χ2n) is 4.04. The van der Waals surface area contributed by atoms with Gasteiger partial charge in [-0.2, -0.15) is 0 Å². The van der Waals surface area contributed by atoms with Crippen LogP contribution in [0.4, 0.5) is 0 Å². The minimum Gasteiger partial charge on any atom is -0.459 e. The molecule has 1 atom stereocenters.